The van der Waals surface area contributed by atoms with Gasteiger partial charge in [0.1, 0.15) is 5.75 Å². The first-order chi connectivity index (χ1) is 14.4. The van der Waals surface area contributed by atoms with Gasteiger partial charge in [-0.3, -0.25) is 4.90 Å². The van der Waals surface area contributed by atoms with E-state index in [1.54, 1.807) is 13.2 Å². The number of carbonyl (C=O) groups excluding carboxylic acids is 1. The van der Waals surface area contributed by atoms with Gasteiger partial charge in [0, 0.05) is 31.2 Å². The van der Waals surface area contributed by atoms with E-state index in [1.807, 2.05) is 32.0 Å². The molecule has 2 aromatic carbocycles. The third kappa shape index (κ3) is 5.69. The molecule has 2 amide bonds. The number of carbonyl (C=O) groups is 1. The number of rotatable bonds is 6. The first kappa shape index (κ1) is 22.0. The number of likely N-dealkylation sites (tertiary alicyclic amines) is 1. The van der Waals surface area contributed by atoms with Gasteiger partial charge < -0.3 is 15.4 Å². The van der Waals surface area contributed by atoms with Gasteiger partial charge >= 0.3 is 6.03 Å². The third-order valence-corrected chi connectivity index (χ3v) is 5.51. The summed E-state index contributed by atoms with van der Waals surface area (Å²) in [4.78, 5) is 14.7. The molecule has 0 saturated carbocycles. The first-order valence-corrected chi connectivity index (χ1v) is 10.2. The first-order valence-electron chi connectivity index (χ1n) is 10.2. The van der Waals surface area contributed by atoms with E-state index in [1.165, 1.54) is 6.07 Å². The van der Waals surface area contributed by atoms with Crippen LogP contribution in [0.25, 0.3) is 0 Å². The molecule has 0 radical (unpaired) electrons. The van der Waals surface area contributed by atoms with Gasteiger partial charge in [0.05, 0.1) is 13.2 Å². The Kier molecular flexibility index (Phi) is 7.26. The Labute approximate surface area is 176 Å². The molecule has 0 spiro atoms. The predicted molar refractivity (Wildman–Crippen MR) is 112 cm³/mol. The fourth-order valence-electron chi connectivity index (χ4n) is 3.83. The van der Waals surface area contributed by atoms with Crippen LogP contribution < -0.4 is 15.4 Å². The van der Waals surface area contributed by atoms with E-state index in [9.17, 15) is 13.6 Å². The molecule has 162 valence electrons. The zero-order valence-corrected chi connectivity index (χ0v) is 17.7. The summed E-state index contributed by atoms with van der Waals surface area (Å²) in [6.07, 6.45) is 1.61. The van der Waals surface area contributed by atoms with Crippen LogP contribution in [-0.4, -0.2) is 37.2 Å². The van der Waals surface area contributed by atoms with E-state index in [0.29, 0.717) is 6.54 Å². The number of urea groups is 1. The topological polar surface area (TPSA) is 53.6 Å². The molecule has 0 unspecified atom stereocenters. The monoisotopic (exact) mass is 417 g/mol. The molecule has 5 nitrogen and oxygen atoms in total. The number of hydrogen-bond donors (Lipinski definition) is 2. The van der Waals surface area contributed by atoms with Crippen molar-refractivity contribution < 1.29 is 18.3 Å². The zero-order valence-electron chi connectivity index (χ0n) is 17.7. The Morgan fingerprint density at radius 1 is 1.17 bits per heavy atom. The van der Waals surface area contributed by atoms with Gasteiger partial charge in [-0.05, 0) is 50.5 Å². The van der Waals surface area contributed by atoms with E-state index >= 15 is 0 Å². The molecule has 0 aromatic heterocycles. The lowest BCUT2D eigenvalue weighted by atomic mass is 10.0. The second-order valence-corrected chi connectivity index (χ2v) is 7.88. The van der Waals surface area contributed by atoms with E-state index in [-0.39, 0.29) is 18.1 Å². The molecule has 1 heterocycles. The molecule has 1 atom stereocenters. The number of nitrogens with zero attached hydrogens (tertiary/aromatic N) is 1. The minimum atomic E-state index is -0.829. The summed E-state index contributed by atoms with van der Waals surface area (Å²) < 4.78 is 31.9. The van der Waals surface area contributed by atoms with Crippen LogP contribution in [0.4, 0.5) is 13.6 Å². The van der Waals surface area contributed by atoms with E-state index < -0.39 is 11.6 Å². The van der Waals surface area contributed by atoms with Crippen molar-refractivity contribution >= 4 is 6.03 Å². The molecule has 0 aliphatic carbocycles. The lowest BCUT2D eigenvalue weighted by Crippen LogP contribution is -2.48. The largest absolute Gasteiger partial charge is 0.496 e. The standard InChI is InChI=1S/C23H29F2N3O2/c1-15-4-7-22(30-3)19(12-15)16(2)26-23(29)27-18-8-10-28(11-9-18)14-17-5-6-20(24)21(25)13-17/h4-7,12-13,16,18H,8-11,14H2,1-3H3,(H2,26,27,29)/t16-/m1/s1. The van der Waals surface area contributed by atoms with Gasteiger partial charge in [-0.25, -0.2) is 13.6 Å². The number of ether oxygens (including phenoxy) is 1. The fraction of sp³-hybridized carbons (Fsp3) is 0.435. The Morgan fingerprint density at radius 3 is 2.57 bits per heavy atom. The molecule has 7 heteroatoms. The Balaban J connectivity index is 1.47. The van der Waals surface area contributed by atoms with Crippen molar-refractivity contribution in [3.8, 4) is 5.75 Å². The van der Waals surface area contributed by atoms with Gasteiger partial charge in [0.15, 0.2) is 11.6 Å². The van der Waals surface area contributed by atoms with Crippen molar-refractivity contribution in [3.05, 3.63) is 64.7 Å². The number of benzene rings is 2. The van der Waals surface area contributed by atoms with Crippen LogP contribution in [0.5, 0.6) is 5.75 Å². The van der Waals surface area contributed by atoms with Crippen molar-refractivity contribution in [2.24, 2.45) is 0 Å². The highest BCUT2D eigenvalue weighted by atomic mass is 19.2. The lowest BCUT2D eigenvalue weighted by molar-refractivity contribution is 0.185. The summed E-state index contributed by atoms with van der Waals surface area (Å²) in [5.41, 5.74) is 2.79. The number of amides is 2. The van der Waals surface area contributed by atoms with E-state index in [0.717, 1.165) is 54.4 Å². The zero-order chi connectivity index (χ0) is 21.7. The number of piperidine rings is 1. The Bertz CT molecular complexity index is 883. The van der Waals surface area contributed by atoms with E-state index in [4.69, 9.17) is 4.74 Å². The van der Waals surface area contributed by atoms with Crippen molar-refractivity contribution in [1.29, 1.82) is 0 Å². The highest BCUT2D eigenvalue weighted by Crippen LogP contribution is 2.26. The maximum absolute atomic E-state index is 13.4. The van der Waals surface area contributed by atoms with Gasteiger partial charge in [0.2, 0.25) is 0 Å². The molecule has 1 saturated heterocycles. The summed E-state index contributed by atoms with van der Waals surface area (Å²) in [6.45, 7) is 6.07. The quantitative estimate of drug-likeness (QED) is 0.737. The number of nitrogens with one attached hydrogen (secondary N) is 2. The molecule has 2 N–H and O–H groups in total. The number of aryl methyl sites for hydroxylation is 1. The molecule has 30 heavy (non-hydrogen) atoms. The summed E-state index contributed by atoms with van der Waals surface area (Å²) >= 11 is 0. The second kappa shape index (κ2) is 9.89. The normalized spacial score (nSPS) is 16.2. The molecular formula is C23H29F2N3O2. The van der Waals surface area contributed by atoms with Crippen molar-refractivity contribution in [2.75, 3.05) is 20.2 Å². The molecular weight excluding hydrogens is 388 g/mol. The van der Waals surface area contributed by atoms with Crippen molar-refractivity contribution in [1.82, 2.24) is 15.5 Å². The predicted octanol–water partition coefficient (Wildman–Crippen LogP) is 4.31. The highest BCUT2D eigenvalue weighted by Gasteiger charge is 2.22. The number of halogens is 2. The SMILES string of the molecule is COc1ccc(C)cc1[C@@H](C)NC(=O)NC1CCN(Cc2ccc(F)c(F)c2)CC1. The molecule has 1 aliphatic rings. The van der Waals surface area contributed by atoms with Crippen molar-refractivity contribution in [3.63, 3.8) is 0 Å². The summed E-state index contributed by atoms with van der Waals surface area (Å²) in [5, 5.41) is 6.03. The Morgan fingerprint density at radius 2 is 1.90 bits per heavy atom. The third-order valence-electron chi connectivity index (χ3n) is 5.51. The van der Waals surface area contributed by atoms with E-state index in [2.05, 4.69) is 15.5 Å². The fourth-order valence-corrected chi connectivity index (χ4v) is 3.83. The van der Waals surface area contributed by atoms with Crippen LogP contribution >= 0.6 is 0 Å². The van der Waals surface area contributed by atoms with Crippen LogP contribution in [0.15, 0.2) is 36.4 Å². The molecule has 1 aliphatic heterocycles. The molecule has 3 rings (SSSR count). The van der Waals surface area contributed by atoms with Crippen LogP contribution in [0, 0.1) is 18.6 Å². The average molecular weight is 418 g/mol. The second-order valence-electron chi connectivity index (χ2n) is 7.88. The van der Waals surface area contributed by atoms with Gasteiger partial charge in [-0.2, -0.15) is 0 Å². The Hall–Kier alpha value is -2.67. The summed E-state index contributed by atoms with van der Waals surface area (Å²) in [5.74, 6) is -0.899. The number of methoxy groups -OCH3 is 1. The van der Waals surface area contributed by atoms with Crippen LogP contribution in [0.2, 0.25) is 0 Å². The van der Waals surface area contributed by atoms with Gasteiger partial charge in [-0.15, -0.1) is 0 Å². The molecule has 0 bridgehead atoms. The van der Waals surface area contributed by atoms with Gasteiger partial charge in [0.25, 0.3) is 0 Å². The van der Waals surface area contributed by atoms with Crippen LogP contribution in [0.3, 0.4) is 0 Å². The molecule has 1 fully saturated rings. The summed E-state index contributed by atoms with van der Waals surface area (Å²) in [7, 11) is 1.62. The number of hydrogen-bond acceptors (Lipinski definition) is 3. The lowest BCUT2D eigenvalue weighted by Gasteiger charge is -2.32. The van der Waals surface area contributed by atoms with Crippen LogP contribution in [0.1, 0.15) is 42.5 Å². The maximum atomic E-state index is 13.4. The van der Waals surface area contributed by atoms with Gasteiger partial charge in [-0.1, -0.05) is 23.8 Å². The van der Waals surface area contributed by atoms with Crippen LogP contribution in [-0.2, 0) is 6.54 Å². The average Bonchev–Trinajstić information content (AvgIpc) is 2.72. The highest BCUT2D eigenvalue weighted by molar-refractivity contribution is 5.75. The van der Waals surface area contributed by atoms with Crippen molar-refractivity contribution in [2.45, 2.75) is 45.3 Å². The maximum Gasteiger partial charge on any atom is 0.315 e. The minimum absolute atomic E-state index is 0.0813. The summed E-state index contributed by atoms with van der Waals surface area (Å²) in [6, 6.07) is 9.60. The molecule has 2 aromatic rings. The minimum Gasteiger partial charge on any atom is -0.496 e. The smallest absolute Gasteiger partial charge is 0.315 e.